The molecular weight excluding hydrogens is 360 g/mol. The van der Waals surface area contributed by atoms with Crippen molar-refractivity contribution in [1.29, 1.82) is 5.26 Å². The Labute approximate surface area is 171 Å². The van der Waals surface area contributed by atoms with Crippen molar-refractivity contribution in [3.8, 4) is 6.07 Å². The van der Waals surface area contributed by atoms with Gasteiger partial charge in [-0.1, -0.05) is 24.3 Å². The molecule has 4 nitrogen and oxygen atoms in total. The summed E-state index contributed by atoms with van der Waals surface area (Å²) in [4.78, 5) is 13.6. The fourth-order valence-corrected chi connectivity index (χ4v) is 4.48. The second-order valence-corrected chi connectivity index (χ2v) is 7.72. The number of hydrogen-bond donors (Lipinski definition) is 1. The van der Waals surface area contributed by atoms with E-state index in [2.05, 4.69) is 54.4 Å². The molecule has 0 amide bonds. The molecule has 0 aromatic heterocycles. The minimum atomic E-state index is -1.16. The molecule has 0 bridgehead atoms. The van der Waals surface area contributed by atoms with E-state index in [1.165, 1.54) is 28.1 Å². The highest BCUT2D eigenvalue weighted by Gasteiger charge is 2.20. The van der Waals surface area contributed by atoms with Crippen LogP contribution in [0.25, 0.3) is 5.57 Å². The van der Waals surface area contributed by atoms with Crippen molar-refractivity contribution in [1.82, 2.24) is 0 Å². The molecular formula is C25H24N2O2. The number of nitrogens with zero attached hydrogens (tertiary/aromatic N) is 2. The number of para-hydroxylation sites is 1. The maximum absolute atomic E-state index is 11.3. The molecule has 1 aliphatic carbocycles. The zero-order valence-corrected chi connectivity index (χ0v) is 16.6. The summed E-state index contributed by atoms with van der Waals surface area (Å²) >= 11 is 0. The maximum atomic E-state index is 11.3. The number of benzene rings is 2. The number of fused-ring (bicyclic) bond motifs is 2. The third-order valence-corrected chi connectivity index (χ3v) is 5.99. The normalized spacial score (nSPS) is 16.6. The van der Waals surface area contributed by atoms with Crippen molar-refractivity contribution in [3.05, 3.63) is 76.4 Å². The summed E-state index contributed by atoms with van der Waals surface area (Å²) in [5, 5.41) is 18.4. The fourth-order valence-electron chi connectivity index (χ4n) is 4.48. The van der Waals surface area contributed by atoms with Gasteiger partial charge in [0.15, 0.2) is 0 Å². The summed E-state index contributed by atoms with van der Waals surface area (Å²) in [5.41, 5.74) is 8.25. The van der Waals surface area contributed by atoms with E-state index in [1.807, 2.05) is 6.07 Å². The first-order valence-electron chi connectivity index (χ1n) is 10.1. The Morgan fingerprint density at radius 3 is 2.55 bits per heavy atom. The van der Waals surface area contributed by atoms with Gasteiger partial charge in [0.2, 0.25) is 0 Å². The number of carboxylic acids is 1. The molecule has 0 unspecified atom stereocenters. The smallest absolute Gasteiger partial charge is 0.346 e. The predicted molar refractivity (Wildman–Crippen MR) is 115 cm³/mol. The van der Waals surface area contributed by atoms with E-state index in [0.717, 1.165) is 49.7 Å². The molecule has 1 N–H and O–H groups in total. The van der Waals surface area contributed by atoms with Crippen molar-refractivity contribution in [2.24, 2.45) is 0 Å². The van der Waals surface area contributed by atoms with E-state index in [4.69, 9.17) is 5.26 Å². The highest BCUT2D eigenvalue weighted by atomic mass is 16.4. The van der Waals surface area contributed by atoms with E-state index in [-0.39, 0.29) is 5.57 Å². The van der Waals surface area contributed by atoms with Crippen molar-refractivity contribution in [2.75, 3.05) is 11.9 Å². The minimum Gasteiger partial charge on any atom is -0.477 e. The fraction of sp³-hybridized carbons (Fsp3) is 0.280. The summed E-state index contributed by atoms with van der Waals surface area (Å²) in [6, 6.07) is 16.9. The molecule has 2 aromatic rings. The first-order valence-corrected chi connectivity index (χ1v) is 10.1. The minimum absolute atomic E-state index is 0.190. The summed E-state index contributed by atoms with van der Waals surface area (Å²) in [6.45, 7) is 0. The van der Waals surface area contributed by atoms with Gasteiger partial charge in [0, 0.05) is 18.4 Å². The lowest BCUT2D eigenvalue weighted by Gasteiger charge is -2.24. The number of rotatable bonds is 3. The topological polar surface area (TPSA) is 64.3 Å². The zero-order chi connectivity index (χ0) is 20.4. The van der Waals surface area contributed by atoms with Crippen LogP contribution in [0.1, 0.15) is 42.4 Å². The molecule has 0 spiro atoms. The van der Waals surface area contributed by atoms with Crippen LogP contribution in [0.2, 0.25) is 0 Å². The molecule has 0 atom stereocenters. The molecule has 1 aliphatic heterocycles. The van der Waals surface area contributed by atoms with Gasteiger partial charge in [-0.15, -0.1) is 0 Å². The predicted octanol–water partition coefficient (Wildman–Crippen LogP) is 5.42. The van der Waals surface area contributed by atoms with Crippen LogP contribution < -0.4 is 4.90 Å². The first kappa shape index (κ1) is 19.0. The van der Waals surface area contributed by atoms with E-state index < -0.39 is 5.97 Å². The molecule has 29 heavy (non-hydrogen) atoms. The Hall–Kier alpha value is -3.32. The van der Waals surface area contributed by atoms with Gasteiger partial charge in [0.05, 0.1) is 0 Å². The molecule has 1 heterocycles. The van der Waals surface area contributed by atoms with Crippen LogP contribution in [0.3, 0.4) is 0 Å². The van der Waals surface area contributed by atoms with Gasteiger partial charge in [-0.3, -0.25) is 0 Å². The standard InChI is InChI=1S/C25H24N2O2/c1-27-23-9-5-3-6-17(23)10-11-20-14-19(12-13-24(20)27)22-8-4-2-7-18(22)15-21(16-26)25(28)29/h3,5-6,9,12-15H,2,4,7-8,10-11H2,1H3,(H,28,29)/b21-15+. The van der Waals surface area contributed by atoms with Crippen LogP contribution in [0.5, 0.6) is 0 Å². The van der Waals surface area contributed by atoms with Crippen LogP contribution in [0.4, 0.5) is 11.4 Å². The van der Waals surface area contributed by atoms with E-state index in [0.29, 0.717) is 0 Å². The number of aliphatic carboxylic acids is 1. The average Bonchev–Trinajstić information content (AvgIpc) is 2.89. The van der Waals surface area contributed by atoms with Crippen LogP contribution in [-0.4, -0.2) is 18.1 Å². The third-order valence-electron chi connectivity index (χ3n) is 5.99. The highest BCUT2D eigenvalue weighted by molar-refractivity contribution is 5.92. The van der Waals surface area contributed by atoms with Crippen LogP contribution in [0.15, 0.2) is 59.7 Å². The number of hydrogen-bond acceptors (Lipinski definition) is 3. The largest absolute Gasteiger partial charge is 0.477 e. The van der Waals surface area contributed by atoms with Crippen LogP contribution >= 0.6 is 0 Å². The zero-order valence-electron chi connectivity index (χ0n) is 16.6. The lowest BCUT2D eigenvalue weighted by molar-refractivity contribution is -0.132. The lowest BCUT2D eigenvalue weighted by atomic mass is 9.85. The molecule has 4 rings (SSSR count). The Morgan fingerprint density at radius 1 is 1.03 bits per heavy atom. The molecule has 2 aliphatic rings. The molecule has 146 valence electrons. The molecule has 0 saturated carbocycles. The summed E-state index contributed by atoms with van der Waals surface area (Å²) in [7, 11) is 2.11. The number of aryl methyl sites for hydroxylation is 2. The quantitative estimate of drug-likeness (QED) is 0.567. The van der Waals surface area contributed by atoms with Gasteiger partial charge in [0.1, 0.15) is 11.6 Å². The molecule has 0 saturated heterocycles. The first-order chi connectivity index (χ1) is 14.1. The Morgan fingerprint density at radius 2 is 1.76 bits per heavy atom. The second kappa shape index (κ2) is 7.97. The van der Waals surface area contributed by atoms with E-state index >= 15 is 0 Å². The SMILES string of the molecule is CN1c2ccccc2CCc2cc(C3=C(/C=C(\C#N)C(=O)O)CCCC3)ccc21. The third kappa shape index (κ3) is 3.69. The van der Waals surface area contributed by atoms with Crippen molar-refractivity contribution in [3.63, 3.8) is 0 Å². The lowest BCUT2D eigenvalue weighted by Crippen LogP contribution is -2.11. The van der Waals surface area contributed by atoms with Gasteiger partial charge >= 0.3 is 5.97 Å². The number of allylic oxidation sites excluding steroid dienone is 3. The monoisotopic (exact) mass is 384 g/mol. The summed E-state index contributed by atoms with van der Waals surface area (Å²) < 4.78 is 0. The number of carbonyl (C=O) groups is 1. The van der Waals surface area contributed by atoms with E-state index in [1.54, 1.807) is 6.08 Å². The molecule has 0 fully saturated rings. The Bertz CT molecular complexity index is 1070. The Balaban J connectivity index is 1.77. The van der Waals surface area contributed by atoms with Gasteiger partial charge in [-0.2, -0.15) is 5.26 Å². The highest BCUT2D eigenvalue weighted by Crippen LogP contribution is 2.39. The van der Waals surface area contributed by atoms with Gasteiger partial charge < -0.3 is 10.0 Å². The number of anilines is 2. The number of carboxylic acid groups (broad SMARTS) is 1. The van der Waals surface area contributed by atoms with Crippen LogP contribution in [-0.2, 0) is 17.6 Å². The number of nitriles is 1. The summed E-state index contributed by atoms with van der Waals surface area (Å²) in [6.07, 6.45) is 7.39. The maximum Gasteiger partial charge on any atom is 0.346 e. The van der Waals surface area contributed by atoms with Crippen LogP contribution in [0, 0.1) is 11.3 Å². The molecule has 4 heteroatoms. The summed E-state index contributed by atoms with van der Waals surface area (Å²) in [5.74, 6) is -1.16. The average molecular weight is 384 g/mol. The molecule has 0 radical (unpaired) electrons. The van der Waals surface area contributed by atoms with Crippen molar-refractivity contribution < 1.29 is 9.90 Å². The van der Waals surface area contributed by atoms with Crippen molar-refractivity contribution in [2.45, 2.75) is 38.5 Å². The molecule has 2 aromatic carbocycles. The van der Waals surface area contributed by atoms with E-state index in [9.17, 15) is 9.90 Å². The van der Waals surface area contributed by atoms with Crippen molar-refractivity contribution >= 4 is 22.9 Å². The second-order valence-electron chi connectivity index (χ2n) is 7.72. The Kier molecular flexibility index (Phi) is 5.22. The van der Waals surface area contributed by atoms with Gasteiger partial charge in [-0.05, 0) is 90.6 Å². The van der Waals surface area contributed by atoms with Gasteiger partial charge in [0.25, 0.3) is 0 Å². The van der Waals surface area contributed by atoms with Gasteiger partial charge in [-0.25, -0.2) is 4.79 Å².